The van der Waals surface area contributed by atoms with E-state index in [0.717, 1.165) is 11.3 Å². The summed E-state index contributed by atoms with van der Waals surface area (Å²) in [4.78, 5) is 26.6. The summed E-state index contributed by atoms with van der Waals surface area (Å²) in [5, 5.41) is 13.1. The number of aromatic nitrogens is 3. The van der Waals surface area contributed by atoms with E-state index in [2.05, 4.69) is 20.3 Å². The normalized spacial score (nSPS) is 12.7. The lowest BCUT2D eigenvalue weighted by Crippen LogP contribution is -2.22. The molecule has 0 saturated heterocycles. The van der Waals surface area contributed by atoms with Crippen LogP contribution < -0.4 is 20.1 Å². The fourth-order valence-electron chi connectivity index (χ4n) is 2.95. The molecule has 33 heavy (non-hydrogen) atoms. The molecular weight excluding hydrogens is 462 g/mol. The molecule has 0 aliphatic heterocycles. The van der Waals surface area contributed by atoms with Gasteiger partial charge in [0.25, 0.3) is 5.56 Å². The number of nitrogens with zero attached hydrogens (tertiary/aromatic N) is 4. The predicted octanol–water partition coefficient (Wildman–Crippen LogP) is 3.91. The molecule has 3 aromatic heterocycles. The maximum Gasteiger partial charge on any atom is 0.274 e. The van der Waals surface area contributed by atoms with Crippen molar-refractivity contribution in [3.63, 3.8) is 0 Å². The summed E-state index contributed by atoms with van der Waals surface area (Å²) in [6.45, 7) is 3.88. The van der Waals surface area contributed by atoms with E-state index in [4.69, 9.17) is 16.3 Å². The Morgan fingerprint density at radius 3 is 2.85 bits per heavy atom. The standard InChI is InChI=1S/C23H20ClN5O3S/c1-4-13(2)26-12-27-20-6-5-15(10-25-20)17-11-29-22(31)19(33-23(29)28-17)9-14-7-16(24)21(30)18(8-14)32-3/h4-12,30H,1-3H3,(H,25,26,27)/b13-4-,19-9-. The number of aromatic hydroxyl groups is 1. The number of fused-ring (bicyclic) bond motifs is 1. The Bertz CT molecular complexity index is 1490. The Morgan fingerprint density at radius 2 is 2.18 bits per heavy atom. The van der Waals surface area contributed by atoms with Crippen LogP contribution in [0.4, 0.5) is 5.82 Å². The van der Waals surface area contributed by atoms with Crippen LogP contribution in [0.1, 0.15) is 19.4 Å². The number of hydrogen-bond donors (Lipinski definition) is 2. The average Bonchev–Trinajstić information content (AvgIpc) is 3.35. The Labute approximate surface area is 198 Å². The van der Waals surface area contributed by atoms with Crippen molar-refractivity contribution < 1.29 is 9.84 Å². The molecule has 0 unspecified atom stereocenters. The Hall–Kier alpha value is -3.69. The summed E-state index contributed by atoms with van der Waals surface area (Å²) in [6.07, 6.45) is 8.57. The topological polar surface area (TPSA) is 101 Å². The van der Waals surface area contributed by atoms with Crippen LogP contribution in [-0.4, -0.2) is 32.9 Å². The van der Waals surface area contributed by atoms with Crippen molar-refractivity contribution in [2.24, 2.45) is 4.99 Å². The molecule has 0 aliphatic carbocycles. The smallest absolute Gasteiger partial charge is 0.274 e. The molecule has 1 aromatic carbocycles. The number of pyridine rings is 1. The van der Waals surface area contributed by atoms with E-state index in [1.165, 1.54) is 22.8 Å². The summed E-state index contributed by atoms with van der Waals surface area (Å²) in [5.41, 5.74) is 2.85. The van der Waals surface area contributed by atoms with Gasteiger partial charge in [-0.3, -0.25) is 9.20 Å². The second kappa shape index (κ2) is 9.43. The number of benzene rings is 1. The zero-order valence-electron chi connectivity index (χ0n) is 18.0. The molecule has 4 aromatic rings. The monoisotopic (exact) mass is 481 g/mol. The zero-order valence-corrected chi connectivity index (χ0v) is 19.6. The van der Waals surface area contributed by atoms with Gasteiger partial charge in [0.1, 0.15) is 0 Å². The fourth-order valence-corrected chi connectivity index (χ4v) is 4.13. The number of halogens is 1. The van der Waals surface area contributed by atoms with Crippen LogP contribution in [0.5, 0.6) is 11.5 Å². The highest BCUT2D eigenvalue weighted by atomic mass is 35.5. The third kappa shape index (κ3) is 4.74. The number of ether oxygens (including phenoxy) is 1. The van der Waals surface area contributed by atoms with Crippen LogP contribution in [0, 0.1) is 0 Å². The SMILES string of the molecule is C/C=C(/C)NC=Nc1ccc(-c2cn3c(=O)/c(=C/c4cc(Cl)c(O)c(OC)c4)sc3n2)cn1. The van der Waals surface area contributed by atoms with Gasteiger partial charge in [0.15, 0.2) is 22.3 Å². The number of phenolic OH excluding ortho intramolecular Hbond substituents is 1. The van der Waals surface area contributed by atoms with Crippen molar-refractivity contribution in [3.8, 4) is 22.8 Å². The van der Waals surface area contributed by atoms with Crippen LogP contribution in [0.3, 0.4) is 0 Å². The van der Waals surface area contributed by atoms with Crippen molar-refractivity contribution in [2.75, 3.05) is 7.11 Å². The Balaban J connectivity index is 1.62. The van der Waals surface area contributed by atoms with Crippen LogP contribution in [0.25, 0.3) is 22.3 Å². The number of allylic oxidation sites excluding steroid dienone is 2. The summed E-state index contributed by atoms with van der Waals surface area (Å²) in [5.74, 6) is 0.650. The van der Waals surface area contributed by atoms with Crippen molar-refractivity contribution in [1.82, 2.24) is 19.7 Å². The van der Waals surface area contributed by atoms with Crippen LogP contribution in [-0.2, 0) is 0 Å². The molecule has 10 heteroatoms. The quantitative estimate of drug-likeness (QED) is 0.320. The van der Waals surface area contributed by atoms with E-state index < -0.39 is 0 Å². The second-order valence-corrected chi connectivity index (χ2v) is 8.44. The predicted molar refractivity (Wildman–Crippen MR) is 132 cm³/mol. The molecule has 0 bridgehead atoms. The first-order valence-electron chi connectivity index (χ1n) is 9.88. The number of imidazole rings is 1. The molecule has 2 N–H and O–H groups in total. The maximum absolute atomic E-state index is 12.9. The molecule has 0 amide bonds. The lowest BCUT2D eigenvalue weighted by Gasteiger charge is -2.05. The molecule has 8 nitrogen and oxygen atoms in total. The van der Waals surface area contributed by atoms with Gasteiger partial charge in [0, 0.05) is 23.7 Å². The first kappa shape index (κ1) is 22.5. The minimum absolute atomic E-state index is 0.140. The van der Waals surface area contributed by atoms with Crippen molar-refractivity contribution in [3.05, 3.63) is 73.9 Å². The summed E-state index contributed by atoms with van der Waals surface area (Å²) in [7, 11) is 1.43. The highest BCUT2D eigenvalue weighted by Gasteiger charge is 2.12. The number of thiazole rings is 1. The lowest BCUT2D eigenvalue weighted by atomic mass is 10.2. The minimum Gasteiger partial charge on any atom is -0.503 e. The molecule has 0 spiro atoms. The molecule has 0 radical (unpaired) electrons. The van der Waals surface area contributed by atoms with Gasteiger partial charge in [-0.2, -0.15) is 0 Å². The number of aliphatic imine (C=N–C) groups is 1. The molecule has 0 atom stereocenters. The van der Waals surface area contributed by atoms with Gasteiger partial charge in [-0.05, 0) is 49.8 Å². The molecular formula is C23H20ClN5O3S. The second-order valence-electron chi connectivity index (χ2n) is 7.03. The van der Waals surface area contributed by atoms with Gasteiger partial charge in [-0.15, -0.1) is 0 Å². The van der Waals surface area contributed by atoms with E-state index in [1.54, 1.807) is 43.0 Å². The third-order valence-electron chi connectivity index (χ3n) is 4.84. The zero-order chi connectivity index (χ0) is 23.5. The molecule has 3 heterocycles. The first-order valence-corrected chi connectivity index (χ1v) is 11.1. The summed E-state index contributed by atoms with van der Waals surface area (Å²) < 4.78 is 7.11. The van der Waals surface area contributed by atoms with Crippen LogP contribution in [0.2, 0.25) is 5.02 Å². The molecule has 0 fully saturated rings. The number of methoxy groups -OCH3 is 1. The van der Waals surface area contributed by atoms with E-state index in [9.17, 15) is 9.90 Å². The third-order valence-corrected chi connectivity index (χ3v) is 6.11. The molecule has 0 saturated carbocycles. The largest absolute Gasteiger partial charge is 0.503 e. The van der Waals surface area contributed by atoms with E-state index >= 15 is 0 Å². The van der Waals surface area contributed by atoms with Gasteiger partial charge >= 0.3 is 0 Å². The first-order chi connectivity index (χ1) is 15.9. The fraction of sp³-hybridized carbons (Fsp3) is 0.130. The number of rotatable bonds is 6. The highest BCUT2D eigenvalue weighted by Crippen LogP contribution is 2.35. The summed E-state index contributed by atoms with van der Waals surface area (Å²) >= 11 is 7.30. The van der Waals surface area contributed by atoms with E-state index in [0.29, 0.717) is 26.6 Å². The Kier molecular flexibility index (Phi) is 6.43. The van der Waals surface area contributed by atoms with Crippen molar-refractivity contribution in [2.45, 2.75) is 13.8 Å². The van der Waals surface area contributed by atoms with Gasteiger partial charge in [0.2, 0.25) is 0 Å². The van der Waals surface area contributed by atoms with E-state index in [-0.39, 0.29) is 22.1 Å². The average molecular weight is 482 g/mol. The van der Waals surface area contributed by atoms with E-state index in [1.807, 2.05) is 26.0 Å². The van der Waals surface area contributed by atoms with Crippen molar-refractivity contribution >= 4 is 46.1 Å². The van der Waals surface area contributed by atoms with Gasteiger partial charge in [0.05, 0.1) is 28.7 Å². The number of hydrogen-bond acceptors (Lipinski definition) is 7. The van der Waals surface area contributed by atoms with Gasteiger partial charge < -0.3 is 15.2 Å². The van der Waals surface area contributed by atoms with Crippen LogP contribution in [0.15, 0.2) is 58.2 Å². The maximum atomic E-state index is 12.9. The van der Waals surface area contributed by atoms with Crippen molar-refractivity contribution in [1.29, 1.82) is 0 Å². The molecule has 4 rings (SSSR count). The summed E-state index contributed by atoms with van der Waals surface area (Å²) in [6, 6.07) is 6.82. The minimum atomic E-state index is -0.198. The lowest BCUT2D eigenvalue weighted by molar-refractivity contribution is 0.373. The van der Waals surface area contributed by atoms with Crippen LogP contribution >= 0.6 is 22.9 Å². The van der Waals surface area contributed by atoms with Gasteiger partial charge in [-0.1, -0.05) is 29.0 Å². The number of nitrogens with one attached hydrogen (secondary N) is 1. The van der Waals surface area contributed by atoms with Gasteiger partial charge in [-0.25, -0.2) is 15.0 Å². The highest BCUT2D eigenvalue weighted by molar-refractivity contribution is 7.15. The molecule has 168 valence electrons. The molecule has 0 aliphatic rings. The Morgan fingerprint density at radius 1 is 1.36 bits per heavy atom. The number of phenols is 1.